The Morgan fingerprint density at radius 3 is 1.92 bits per heavy atom. The Kier molecular flexibility index (Phi) is 10.8. The molecule has 2 atom stereocenters. The number of hydrogen-bond donors (Lipinski definition) is 0. The normalized spacial score (nSPS) is 13.1. The Bertz CT molecular complexity index is 527. The molecule has 0 N–H and O–H groups in total. The lowest BCUT2D eigenvalue weighted by Gasteiger charge is -2.21. The summed E-state index contributed by atoms with van der Waals surface area (Å²) in [6.45, 7) is 9.95. The van der Waals surface area contributed by atoms with Crippen molar-refractivity contribution >= 4 is 5.97 Å². The molecule has 2 unspecified atom stereocenters. The van der Waals surface area contributed by atoms with Crippen molar-refractivity contribution in [2.75, 3.05) is 0 Å². The Morgan fingerprint density at radius 2 is 1.42 bits per heavy atom. The zero-order valence-electron chi connectivity index (χ0n) is 17.2. The maximum atomic E-state index is 11.2. The summed E-state index contributed by atoms with van der Waals surface area (Å²) in [7, 11) is 0. The first-order chi connectivity index (χ1) is 12.5. The number of carbonyl (C=O) groups is 1. The van der Waals surface area contributed by atoms with Gasteiger partial charge in [0.15, 0.2) is 11.5 Å². The van der Waals surface area contributed by atoms with Gasteiger partial charge >= 0.3 is 5.97 Å². The molecule has 0 saturated carbocycles. The van der Waals surface area contributed by atoms with Gasteiger partial charge in [-0.2, -0.15) is 0 Å². The molecule has 0 heterocycles. The van der Waals surface area contributed by atoms with Gasteiger partial charge in [-0.3, -0.25) is 4.79 Å². The number of hydrogen-bond acceptors (Lipinski definition) is 4. The summed E-state index contributed by atoms with van der Waals surface area (Å²) in [6.07, 6.45) is 9.35. The highest BCUT2D eigenvalue weighted by molar-refractivity contribution is 5.69. The van der Waals surface area contributed by atoms with Crippen molar-refractivity contribution in [3.05, 3.63) is 18.2 Å². The van der Waals surface area contributed by atoms with Crippen molar-refractivity contribution < 1.29 is 19.0 Å². The molecule has 0 fully saturated rings. The van der Waals surface area contributed by atoms with E-state index in [9.17, 15) is 4.79 Å². The lowest BCUT2D eigenvalue weighted by molar-refractivity contribution is -0.131. The summed E-state index contributed by atoms with van der Waals surface area (Å²) in [5.74, 6) is 1.51. The molecular formula is C22H36O4. The molecule has 4 heteroatoms. The highest BCUT2D eigenvalue weighted by Gasteiger charge is 2.14. The highest BCUT2D eigenvalue weighted by Crippen LogP contribution is 2.34. The topological polar surface area (TPSA) is 44.8 Å². The van der Waals surface area contributed by atoms with Crippen LogP contribution in [0.25, 0.3) is 0 Å². The van der Waals surface area contributed by atoms with Crippen LogP contribution >= 0.6 is 0 Å². The van der Waals surface area contributed by atoms with E-state index in [0.717, 1.165) is 25.7 Å². The summed E-state index contributed by atoms with van der Waals surface area (Å²) in [6, 6.07) is 5.35. The average Bonchev–Trinajstić information content (AvgIpc) is 2.57. The van der Waals surface area contributed by atoms with Gasteiger partial charge in [-0.15, -0.1) is 0 Å². The summed E-state index contributed by atoms with van der Waals surface area (Å²) in [4.78, 5) is 11.2. The molecule has 1 rings (SSSR count). The van der Waals surface area contributed by atoms with E-state index in [4.69, 9.17) is 14.2 Å². The monoisotopic (exact) mass is 364 g/mol. The molecule has 1 aromatic rings. The number of rotatable bonds is 13. The second-order valence-electron chi connectivity index (χ2n) is 7.05. The van der Waals surface area contributed by atoms with Crippen LogP contribution in [0.1, 0.15) is 86.0 Å². The van der Waals surface area contributed by atoms with E-state index in [2.05, 4.69) is 27.7 Å². The lowest BCUT2D eigenvalue weighted by atomic mass is 10.1. The Balaban J connectivity index is 2.80. The van der Waals surface area contributed by atoms with Crippen molar-refractivity contribution in [2.45, 2.75) is 98.2 Å². The molecule has 0 spiro atoms. The minimum absolute atomic E-state index is 0.0897. The molecule has 0 amide bonds. The Labute approximate surface area is 159 Å². The Hall–Kier alpha value is -1.71. The first kappa shape index (κ1) is 22.3. The number of esters is 1. The van der Waals surface area contributed by atoms with Crippen molar-refractivity contribution in [2.24, 2.45) is 0 Å². The van der Waals surface area contributed by atoms with Crippen molar-refractivity contribution in [3.8, 4) is 17.2 Å². The van der Waals surface area contributed by atoms with Crippen LogP contribution in [0.4, 0.5) is 0 Å². The maximum absolute atomic E-state index is 11.2. The molecule has 0 aromatic heterocycles. The number of ether oxygens (including phenoxy) is 3. The lowest BCUT2D eigenvalue weighted by Crippen LogP contribution is -2.16. The SMILES string of the molecule is CCCCCC(C)Oc1ccc(OC(C)=O)cc1OC(C)CCCCC. The molecule has 148 valence electrons. The quantitative estimate of drug-likeness (QED) is 0.234. The third kappa shape index (κ3) is 9.12. The fraction of sp³-hybridized carbons (Fsp3) is 0.682. The van der Waals surface area contributed by atoms with E-state index >= 15 is 0 Å². The van der Waals surface area contributed by atoms with Crippen LogP contribution in [0.15, 0.2) is 18.2 Å². The predicted molar refractivity (Wildman–Crippen MR) is 106 cm³/mol. The van der Waals surface area contributed by atoms with Crippen LogP contribution in [0.3, 0.4) is 0 Å². The Morgan fingerprint density at radius 1 is 0.885 bits per heavy atom. The standard InChI is InChI=1S/C22H36O4/c1-6-8-10-12-17(3)24-21-15-14-20(26-19(5)23)16-22(21)25-18(4)13-11-9-7-2/h14-18H,6-13H2,1-5H3. The number of carbonyl (C=O) groups excluding carboxylic acids is 1. The molecule has 26 heavy (non-hydrogen) atoms. The third-order valence-corrected chi connectivity index (χ3v) is 4.26. The van der Waals surface area contributed by atoms with Gasteiger partial charge in [-0.1, -0.05) is 39.5 Å². The van der Waals surface area contributed by atoms with Crippen molar-refractivity contribution in [1.82, 2.24) is 0 Å². The number of benzene rings is 1. The zero-order valence-corrected chi connectivity index (χ0v) is 17.2. The van der Waals surface area contributed by atoms with Gasteiger partial charge in [0, 0.05) is 13.0 Å². The molecule has 0 bridgehead atoms. The first-order valence-electron chi connectivity index (χ1n) is 10.1. The molecule has 0 aliphatic carbocycles. The first-order valence-corrected chi connectivity index (χ1v) is 10.1. The predicted octanol–water partition coefficient (Wildman–Crippen LogP) is 6.31. The maximum Gasteiger partial charge on any atom is 0.308 e. The zero-order chi connectivity index (χ0) is 19.4. The van der Waals surface area contributed by atoms with E-state index < -0.39 is 0 Å². The second-order valence-corrected chi connectivity index (χ2v) is 7.05. The van der Waals surface area contributed by atoms with Gasteiger partial charge in [0.25, 0.3) is 0 Å². The molecule has 1 aromatic carbocycles. The van der Waals surface area contributed by atoms with E-state index in [1.165, 1.54) is 32.6 Å². The smallest absolute Gasteiger partial charge is 0.308 e. The third-order valence-electron chi connectivity index (χ3n) is 4.26. The number of unbranched alkanes of at least 4 members (excludes halogenated alkanes) is 4. The van der Waals surface area contributed by atoms with Crippen LogP contribution in [0.5, 0.6) is 17.2 Å². The molecule has 0 aliphatic rings. The molecule has 0 saturated heterocycles. The van der Waals surface area contributed by atoms with Gasteiger partial charge < -0.3 is 14.2 Å². The second kappa shape index (κ2) is 12.6. The van der Waals surface area contributed by atoms with Gasteiger partial charge in [0.05, 0.1) is 12.2 Å². The van der Waals surface area contributed by atoms with Gasteiger partial charge in [0.2, 0.25) is 0 Å². The van der Waals surface area contributed by atoms with Gasteiger partial charge in [-0.05, 0) is 51.7 Å². The van der Waals surface area contributed by atoms with Gasteiger partial charge in [0.1, 0.15) is 5.75 Å². The molecule has 0 aliphatic heterocycles. The summed E-state index contributed by atoms with van der Waals surface area (Å²) >= 11 is 0. The highest BCUT2D eigenvalue weighted by atomic mass is 16.5. The van der Waals surface area contributed by atoms with Crippen LogP contribution in [-0.4, -0.2) is 18.2 Å². The van der Waals surface area contributed by atoms with Crippen molar-refractivity contribution in [1.29, 1.82) is 0 Å². The summed E-state index contributed by atoms with van der Waals surface area (Å²) in [5, 5.41) is 0. The molecular weight excluding hydrogens is 328 g/mol. The van der Waals surface area contributed by atoms with Crippen molar-refractivity contribution in [3.63, 3.8) is 0 Å². The minimum Gasteiger partial charge on any atom is -0.487 e. The van der Waals surface area contributed by atoms with E-state index in [0.29, 0.717) is 17.2 Å². The average molecular weight is 365 g/mol. The van der Waals surface area contributed by atoms with E-state index in [1.807, 2.05) is 6.07 Å². The van der Waals surface area contributed by atoms with E-state index in [-0.39, 0.29) is 18.2 Å². The van der Waals surface area contributed by atoms with Crippen LogP contribution in [-0.2, 0) is 4.79 Å². The molecule has 0 radical (unpaired) electrons. The largest absolute Gasteiger partial charge is 0.487 e. The van der Waals surface area contributed by atoms with E-state index in [1.54, 1.807) is 12.1 Å². The summed E-state index contributed by atoms with van der Waals surface area (Å²) < 4.78 is 17.4. The van der Waals surface area contributed by atoms with Gasteiger partial charge in [-0.25, -0.2) is 0 Å². The molecule has 4 nitrogen and oxygen atoms in total. The van der Waals surface area contributed by atoms with Crippen LogP contribution in [0.2, 0.25) is 0 Å². The van der Waals surface area contributed by atoms with Crippen LogP contribution < -0.4 is 14.2 Å². The fourth-order valence-corrected chi connectivity index (χ4v) is 2.82. The fourth-order valence-electron chi connectivity index (χ4n) is 2.82. The van der Waals surface area contributed by atoms with Crippen LogP contribution in [0, 0.1) is 0 Å². The summed E-state index contributed by atoms with van der Waals surface area (Å²) in [5.41, 5.74) is 0. The minimum atomic E-state index is -0.339.